The van der Waals surface area contributed by atoms with Crippen molar-refractivity contribution < 1.29 is 14.3 Å². The second-order valence-corrected chi connectivity index (χ2v) is 21.7. The lowest BCUT2D eigenvalue weighted by Gasteiger charge is -2.15. The van der Waals surface area contributed by atoms with Crippen LogP contribution in [0.2, 0.25) is 0 Å². The summed E-state index contributed by atoms with van der Waals surface area (Å²) in [6, 6.07) is 112. The quantitative estimate of drug-likeness (QED) is 0.128. The molecule has 2 aliphatic carbocycles. The van der Waals surface area contributed by atoms with Gasteiger partial charge in [0.1, 0.15) is 11.5 Å². The highest BCUT2D eigenvalue weighted by Gasteiger charge is 2.37. The molecule has 12 aromatic carbocycles. The van der Waals surface area contributed by atoms with Crippen LogP contribution in [-0.4, -0.2) is 11.6 Å². The molecule has 0 saturated heterocycles. The molecule has 3 nitrogen and oxygen atoms in total. The maximum absolute atomic E-state index is 14.6. The highest BCUT2D eigenvalue weighted by atomic mass is 16.5. The molecule has 0 bridgehead atoms. The lowest BCUT2D eigenvalue weighted by Crippen LogP contribution is -2.01. The third kappa shape index (κ3) is 13.2. The largest absolute Gasteiger partial charge is 0.457 e. The second kappa shape index (κ2) is 27.4. The maximum Gasteiger partial charge on any atom is 0.195 e. The Kier molecular flexibility index (Phi) is 17.3. The number of ketones is 2. The molecule has 14 rings (SSSR count). The second-order valence-electron chi connectivity index (χ2n) is 21.7. The summed E-state index contributed by atoms with van der Waals surface area (Å²) in [6.45, 7) is 0. The molecular weight excluding hydrogens is 1100 g/mol. The van der Waals surface area contributed by atoms with Gasteiger partial charge in [0.05, 0.1) is 0 Å². The van der Waals surface area contributed by atoms with Gasteiger partial charge in [-0.05, 0) is 123 Å². The first kappa shape index (κ1) is 57.5. The Labute approximate surface area is 532 Å². The van der Waals surface area contributed by atoms with Crippen molar-refractivity contribution in [3.8, 4) is 47.0 Å². The SMILES string of the molecule is C(#Cc1cc(C#Cc2ccccc2)cc(C#Cc2ccccc2)c1)c1ccccc1.O=C1C(c2ccccc2)=C(c2ccccc2)C(c2ccc(Oc3ccc(C4=C(c5ccccc5)C(=O)C(c5ccccc5)=C4c4ccccc4)cc3)cc2)=C1c1ccccc1. The third-order valence-corrected chi connectivity index (χ3v) is 15.6. The van der Waals surface area contributed by atoms with Gasteiger partial charge in [-0.25, -0.2) is 0 Å². The van der Waals surface area contributed by atoms with Crippen molar-refractivity contribution in [1.29, 1.82) is 0 Å². The fourth-order valence-electron chi connectivity index (χ4n) is 11.4. The molecule has 0 aliphatic heterocycles. The zero-order valence-electron chi connectivity index (χ0n) is 49.6. The maximum atomic E-state index is 14.6. The summed E-state index contributed by atoms with van der Waals surface area (Å²) in [5.41, 5.74) is 19.3. The zero-order valence-corrected chi connectivity index (χ0v) is 49.6. The number of rotatable bonds is 10. The fraction of sp³-hybridized carbons (Fsp3) is 0. The molecule has 0 spiro atoms. The van der Waals surface area contributed by atoms with Crippen molar-refractivity contribution in [1.82, 2.24) is 0 Å². The normalized spacial score (nSPS) is 12.4. The van der Waals surface area contributed by atoms with Crippen LogP contribution < -0.4 is 4.74 Å². The third-order valence-electron chi connectivity index (χ3n) is 15.6. The van der Waals surface area contributed by atoms with E-state index in [1.165, 1.54) is 0 Å². The van der Waals surface area contributed by atoms with Gasteiger partial charge in [0.25, 0.3) is 0 Å². The number of carbonyl (C=O) groups excluding carboxylic acids is 2. The van der Waals surface area contributed by atoms with E-state index >= 15 is 0 Å². The molecule has 0 N–H and O–H groups in total. The van der Waals surface area contributed by atoms with E-state index in [9.17, 15) is 9.59 Å². The number of hydrogen-bond donors (Lipinski definition) is 0. The van der Waals surface area contributed by atoms with Gasteiger partial charge in [0.15, 0.2) is 11.6 Å². The van der Waals surface area contributed by atoms with Crippen LogP contribution in [0.1, 0.15) is 77.9 Å². The summed E-state index contributed by atoms with van der Waals surface area (Å²) < 4.78 is 6.49. The molecule has 12 aromatic rings. The summed E-state index contributed by atoms with van der Waals surface area (Å²) in [5.74, 6) is 20.7. The number of carbonyl (C=O) groups is 2. The predicted molar refractivity (Wildman–Crippen MR) is 373 cm³/mol. The average Bonchev–Trinajstić information content (AvgIpc) is 1.63. The van der Waals surface area contributed by atoms with E-state index in [-0.39, 0.29) is 11.6 Å². The monoisotopic (exact) mass is 1160 g/mol. The minimum atomic E-state index is 0.00215. The number of benzene rings is 12. The van der Waals surface area contributed by atoms with Crippen LogP contribution in [0.5, 0.6) is 11.5 Å². The molecule has 91 heavy (non-hydrogen) atoms. The van der Waals surface area contributed by atoms with E-state index < -0.39 is 0 Å². The number of Topliss-reactive ketones (excluding diaryl/α,β-unsaturated/α-hetero) is 2. The highest BCUT2D eigenvalue weighted by Crippen LogP contribution is 2.52. The number of ether oxygens (including phenoxy) is 1. The zero-order chi connectivity index (χ0) is 61.6. The topological polar surface area (TPSA) is 43.4 Å². The van der Waals surface area contributed by atoms with Gasteiger partial charge in [0, 0.05) is 78.0 Å². The van der Waals surface area contributed by atoms with E-state index in [2.05, 4.69) is 59.8 Å². The highest BCUT2D eigenvalue weighted by molar-refractivity contribution is 6.60. The van der Waals surface area contributed by atoms with Gasteiger partial charge in [-0.2, -0.15) is 0 Å². The summed E-state index contributed by atoms with van der Waals surface area (Å²) in [7, 11) is 0. The van der Waals surface area contributed by atoms with Crippen LogP contribution in [0.25, 0.3) is 44.6 Å². The van der Waals surface area contributed by atoms with E-state index in [1.54, 1.807) is 0 Å². The summed E-state index contributed by atoms with van der Waals surface area (Å²) >= 11 is 0. The van der Waals surface area contributed by atoms with Crippen molar-refractivity contribution in [2.75, 3.05) is 0 Å². The molecule has 0 unspecified atom stereocenters. The minimum Gasteiger partial charge on any atom is -0.457 e. The smallest absolute Gasteiger partial charge is 0.195 e. The van der Waals surface area contributed by atoms with Gasteiger partial charge in [0.2, 0.25) is 0 Å². The summed E-state index contributed by atoms with van der Waals surface area (Å²) in [6.07, 6.45) is 0. The Bertz CT molecular complexity index is 4550. The van der Waals surface area contributed by atoms with Crippen molar-refractivity contribution in [2.45, 2.75) is 0 Å². The van der Waals surface area contributed by atoms with Gasteiger partial charge in [-0.1, -0.05) is 296 Å². The van der Waals surface area contributed by atoms with Gasteiger partial charge in [-0.15, -0.1) is 0 Å². The molecule has 426 valence electrons. The van der Waals surface area contributed by atoms with E-state index in [1.807, 2.05) is 315 Å². The van der Waals surface area contributed by atoms with Crippen molar-refractivity contribution >= 4 is 56.2 Å². The Morgan fingerprint density at radius 2 is 0.352 bits per heavy atom. The Morgan fingerprint density at radius 3 is 0.571 bits per heavy atom. The summed E-state index contributed by atoms with van der Waals surface area (Å²) in [5, 5.41) is 0. The Balaban J connectivity index is 0.000000211. The van der Waals surface area contributed by atoms with Crippen LogP contribution in [0, 0.1) is 35.5 Å². The Morgan fingerprint density at radius 1 is 0.176 bits per heavy atom. The van der Waals surface area contributed by atoms with Crippen molar-refractivity contribution in [2.24, 2.45) is 0 Å². The molecule has 0 aromatic heterocycles. The van der Waals surface area contributed by atoms with Crippen molar-refractivity contribution in [3.05, 3.63) is 418 Å². The van der Waals surface area contributed by atoms with E-state index in [0.717, 1.165) is 100 Å². The molecule has 0 fully saturated rings. The van der Waals surface area contributed by atoms with Crippen LogP contribution >= 0.6 is 0 Å². The van der Waals surface area contributed by atoms with Crippen molar-refractivity contribution in [3.63, 3.8) is 0 Å². The standard InChI is InChI=1S/C58H38O3.C30H18/c59-57-53(41-23-11-3-12-24-41)49(39-19-7-1-8-20-39)51(55(57)43-27-15-5-16-28-43)45-31-35-47(36-32-45)61-48-37-33-46(34-38-48)52-50(40-21-9-2-10-22-40)54(42-25-13-4-14-26-42)58(60)56(52)44-29-17-6-18-30-44;1-4-10-25(11-5-1)16-19-28-22-29(20-17-26-12-6-2-7-13-26)24-30(23-28)21-18-27-14-8-3-9-15-27/h1-38H;1-15,22-24H. The molecule has 2 aliphatic rings. The number of allylic oxidation sites excluding steroid dienone is 8. The van der Waals surface area contributed by atoms with E-state index in [4.69, 9.17) is 4.74 Å². The minimum absolute atomic E-state index is 0.00215. The predicted octanol–water partition coefficient (Wildman–Crippen LogP) is 19.6. The molecule has 0 heterocycles. The molecular formula is C88H56O3. The molecule has 3 heteroatoms. The molecule has 0 amide bonds. The molecule has 0 atom stereocenters. The summed E-state index contributed by atoms with van der Waals surface area (Å²) in [4.78, 5) is 29.3. The molecule has 0 radical (unpaired) electrons. The van der Waals surface area contributed by atoms with Gasteiger partial charge >= 0.3 is 0 Å². The first-order valence-corrected chi connectivity index (χ1v) is 30.1. The van der Waals surface area contributed by atoms with Crippen LogP contribution in [0.15, 0.2) is 340 Å². The van der Waals surface area contributed by atoms with Gasteiger partial charge < -0.3 is 4.74 Å². The average molecular weight is 1160 g/mol. The fourth-order valence-corrected chi connectivity index (χ4v) is 11.4. The van der Waals surface area contributed by atoms with E-state index in [0.29, 0.717) is 33.8 Å². The lowest BCUT2D eigenvalue weighted by atomic mass is 9.89. The van der Waals surface area contributed by atoms with Gasteiger partial charge in [-0.3, -0.25) is 9.59 Å². The molecule has 0 saturated carbocycles. The number of hydrogen-bond acceptors (Lipinski definition) is 3. The van der Waals surface area contributed by atoms with Crippen LogP contribution in [0.3, 0.4) is 0 Å². The lowest BCUT2D eigenvalue weighted by molar-refractivity contribution is -0.109. The van der Waals surface area contributed by atoms with Crippen LogP contribution in [-0.2, 0) is 9.59 Å². The van der Waals surface area contributed by atoms with Crippen LogP contribution in [0.4, 0.5) is 0 Å². The first-order chi connectivity index (χ1) is 45.0. The Hall–Kier alpha value is -12.6. The first-order valence-electron chi connectivity index (χ1n) is 30.1.